The van der Waals surface area contributed by atoms with Gasteiger partial charge < -0.3 is 29.5 Å². The first-order valence-corrected chi connectivity index (χ1v) is 12.6. The summed E-state index contributed by atoms with van der Waals surface area (Å²) in [5.41, 5.74) is 3.14. The molecule has 0 spiro atoms. The van der Waals surface area contributed by atoms with E-state index in [0.29, 0.717) is 17.8 Å². The van der Waals surface area contributed by atoms with Gasteiger partial charge >= 0.3 is 0 Å². The molecule has 4 rings (SSSR count). The number of aliphatic hydroxyl groups excluding tert-OH is 3. The minimum Gasteiger partial charge on any atom is -0.387 e. The minimum atomic E-state index is -1.29. The Morgan fingerprint density at radius 3 is 2.53 bits per heavy atom. The Morgan fingerprint density at radius 1 is 1.00 bits per heavy atom. The zero-order valence-electron chi connectivity index (χ0n) is 20.0. The average Bonchev–Trinajstić information content (AvgIpc) is 2.98. The second kappa shape index (κ2) is 10.2. The van der Waals surface area contributed by atoms with Crippen molar-refractivity contribution in [2.24, 2.45) is 29.6 Å². The predicted molar refractivity (Wildman–Crippen MR) is 122 cm³/mol. The highest BCUT2D eigenvalue weighted by Crippen LogP contribution is 2.46. The van der Waals surface area contributed by atoms with Gasteiger partial charge in [-0.2, -0.15) is 0 Å². The molecule has 0 amide bonds. The third-order valence-corrected chi connectivity index (χ3v) is 8.46. The van der Waals surface area contributed by atoms with Crippen LogP contribution in [0.1, 0.15) is 66.2 Å². The molecule has 3 N–H and O–H groups in total. The molecule has 2 aliphatic heterocycles. The van der Waals surface area contributed by atoms with Crippen LogP contribution in [0.4, 0.5) is 0 Å². The van der Waals surface area contributed by atoms with Gasteiger partial charge in [0.1, 0.15) is 24.4 Å². The van der Waals surface area contributed by atoms with Gasteiger partial charge in [0.2, 0.25) is 0 Å². The van der Waals surface area contributed by atoms with Crippen molar-refractivity contribution in [2.75, 3.05) is 6.61 Å². The van der Waals surface area contributed by atoms with E-state index in [9.17, 15) is 15.3 Å². The maximum atomic E-state index is 10.2. The summed E-state index contributed by atoms with van der Waals surface area (Å²) in [6.07, 6.45) is 6.09. The Labute approximate surface area is 192 Å². The summed E-state index contributed by atoms with van der Waals surface area (Å²) in [6.45, 7) is 9.26. The van der Waals surface area contributed by atoms with E-state index in [1.54, 1.807) is 11.1 Å². The molecule has 0 aromatic carbocycles. The highest BCUT2D eigenvalue weighted by molar-refractivity contribution is 5.21. The molecule has 182 valence electrons. The van der Waals surface area contributed by atoms with E-state index in [4.69, 9.17) is 14.2 Å². The monoisotopic (exact) mass is 450 g/mol. The summed E-state index contributed by atoms with van der Waals surface area (Å²) in [5.74, 6) is 2.91. The molecule has 0 aromatic rings. The molecule has 2 heterocycles. The van der Waals surface area contributed by atoms with Gasteiger partial charge in [0, 0.05) is 5.92 Å². The molecule has 0 saturated carbocycles. The van der Waals surface area contributed by atoms with Crippen molar-refractivity contribution in [3.05, 3.63) is 23.3 Å². The summed E-state index contributed by atoms with van der Waals surface area (Å²) in [4.78, 5) is 0. The molecule has 2 aliphatic carbocycles. The van der Waals surface area contributed by atoms with Crippen molar-refractivity contribution in [2.45, 2.75) is 103 Å². The highest BCUT2D eigenvalue weighted by atomic mass is 16.8. The summed E-state index contributed by atoms with van der Waals surface area (Å²) in [7, 11) is 0. The van der Waals surface area contributed by atoms with Gasteiger partial charge in [-0.25, -0.2) is 0 Å². The van der Waals surface area contributed by atoms with Crippen LogP contribution in [0, 0.1) is 29.6 Å². The molecule has 6 nitrogen and oxygen atoms in total. The Hall–Kier alpha value is -0.760. The first-order chi connectivity index (χ1) is 15.3. The van der Waals surface area contributed by atoms with Crippen molar-refractivity contribution >= 4 is 0 Å². The molecule has 11 unspecified atom stereocenters. The van der Waals surface area contributed by atoms with Crippen molar-refractivity contribution in [1.82, 2.24) is 0 Å². The largest absolute Gasteiger partial charge is 0.387 e. The van der Waals surface area contributed by atoms with Gasteiger partial charge in [0.15, 0.2) is 12.6 Å². The van der Waals surface area contributed by atoms with Crippen molar-refractivity contribution in [3.8, 4) is 0 Å². The molecule has 11 atom stereocenters. The molecular weight excluding hydrogens is 408 g/mol. The van der Waals surface area contributed by atoms with E-state index < -0.39 is 37.0 Å². The van der Waals surface area contributed by atoms with Gasteiger partial charge in [-0.15, -0.1) is 0 Å². The fourth-order valence-electron chi connectivity index (χ4n) is 6.24. The van der Waals surface area contributed by atoms with Gasteiger partial charge in [0.25, 0.3) is 0 Å². The molecular formula is C26H42O6. The third-order valence-electron chi connectivity index (χ3n) is 8.46. The van der Waals surface area contributed by atoms with Gasteiger partial charge in [-0.3, -0.25) is 0 Å². The topological polar surface area (TPSA) is 88.4 Å². The highest BCUT2D eigenvalue weighted by Gasteiger charge is 2.48. The van der Waals surface area contributed by atoms with Crippen LogP contribution in [-0.4, -0.2) is 58.9 Å². The quantitative estimate of drug-likeness (QED) is 0.537. The molecule has 2 fully saturated rings. The van der Waals surface area contributed by atoms with Crippen molar-refractivity contribution < 1.29 is 29.5 Å². The second-order valence-electron chi connectivity index (χ2n) is 10.8. The smallest absolute Gasteiger partial charge is 0.189 e. The number of ether oxygens (including phenoxy) is 3. The number of hydrogen-bond acceptors (Lipinski definition) is 6. The fourth-order valence-corrected chi connectivity index (χ4v) is 6.24. The molecule has 32 heavy (non-hydrogen) atoms. The molecule has 0 aromatic heterocycles. The first kappa shape index (κ1) is 24.4. The van der Waals surface area contributed by atoms with E-state index in [0.717, 1.165) is 18.8 Å². The normalized spacial score (nSPS) is 44.0. The van der Waals surface area contributed by atoms with Crippen LogP contribution in [0.5, 0.6) is 0 Å². The average molecular weight is 451 g/mol. The van der Waals surface area contributed by atoms with Crippen molar-refractivity contribution in [1.29, 1.82) is 0 Å². The Balaban J connectivity index is 1.29. The fraction of sp³-hybridized carbons (Fsp3) is 0.846. The van der Waals surface area contributed by atoms with Gasteiger partial charge in [0.05, 0.1) is 6.61 Å². The maximum Gasteiger partial charge on any atom is 0.189 e. The summed E-state index contributed by atoms with van der Waals surface area (Å²) in [5, 5.41) is 30.3. The second-order valence-corrected chi connectivity index (χ2v) is 10.8. The lowest BCUT2D eigenvalue weighted by molar-refractivity contribution is -0.304. The standard InChI is InChI=1S/C26H42O6/c1-14-8-10-18-16(3)9-11-19(20(18)12-14)15(2)6-5-7-17(4)25-30-13-21-22(27)23(28)24(29)26(31-21)32-25/h9,12,15,17-29H,5-8,10-11,13H2,1-4H3. The summed E-state index contributed by atoms with van der Waals surface area (Å²) >= 11 is 0. The van der Waals surface area contributed by atoms with Crippen LogP contribution < -0.4 is 0 Å². The van der Waals surface area contributed by atoms with Crippen LogP contribution in [-0.2, 0) is 14.2 Å². The van der Waals surface area contributed by atoms with Crippen LogP contribution in [0.25, 0.3) is 0 Å². The Kier molecular flexibility index (Phi) is 7.80. The lowest BCUT2D eigenvalue weighted by Crippen LogP contribution is -2.58. The molecule has 2 saturated heterocycles. The van der Waals surface area contributed by atoms with E-state index >= 15 is 0 Å². The zero-order chi connectivity index (χ0) is 23.0. The minimum absolute atomic E-state index is 0.129. The SMILES string of the molecule is CC1=CC2C(CC1)C(C)=CCC2C(C)CCCC(C)C1OCC2OC(O1)C(O)C(O)C2O. The van der Waals surface area contributed by atoms with Crippen LogP contribution in [0.15, 0.2) is 23.3 Å². The molecule has 4 aliphatic rings. The number of rotatable bonds is 6. The van der Waals surface area contributed by atoms with E-state index in [2.05, 4.69) is 39.8 Å². The van der Waals surface area contributed by atoms with E-state index in [1.165, 1.54) is 25.7 Å². The third kappa shape index (κ3) is 5.01. The molecule has 6 heteroatoms. The summed E-state index contributed by atoms with van der Waals surface area (Å²) in [6, 6.07) is 0. The molecule has 2 bridgehead atoms. The Morgan fingerprint density at radius 2 is 1.75 bits per heavy atom. The number of fused-ring (bicyclic) bond motifs is 3. The van der Waals surface area contributed by atoms with Crippen LogP contribution >= 0.6 is 0 Å². The lowest BCUT2D eigenvalue weighted by Gasteiger charge is -2.42. The number of allylic oxidation sites excluding steroid dienone is 4. The van der Waals surface area contributed by atoms with Crippen LogP contribution in [0.2, 0.25) is 0 Å². The zero-order valence-corrected chi connectivity index (χ0v) is 20.0. The lowest BCUT2D eigenvalue weighted by atomic mass is 9.63. The predicted octanol–water partition coefficient (Wildman–Crippen LogP) is 3.55. The molecule has 0 radical (unpaired) electrons. The summed E-state index contributed by atoms with van der Waals surface area (Å²) < 4.78 is 17.3. The van der Waals surface area contributed by atoms with E-state index in [1.807, 2.05) is 0 Å². The van der Waals surface area contributed by atoms with E-state index in [-0.39, 0.29) is 12.5 Å². The first-order valence-electron chi connectivity index (χ1n) is 12.6. The number of aliphatic hydroxyl groups is 3. The van der Waals surface area contributed by atoms with Gasteiger partial charge in [-0.05, 0) is 63.2 Å². The van der Waals surface area contributed by atoms with Gasteiger partial charge in [-0.1, -0.05) is 50.0 Å². The number of hydrogen-bond donors (Lipinski definition) is 3. The van der Waals surface area contributed by atoms with Crippen molar-refractivity contribution in [3.63, 3.8) is 0 Å². The van der Waals surface area contributed by atoms with Crippen LogP contribution in [0.3, 0.4) is 0 Å². The maximum absolute atomic E-state index is 10.2. The Bertz CT molecular complexity index is 702.